The highest BCUT2D eigenvalue weighted by Crippen LogP contribution is 2.22. The zero-order valence-electron chi connectivity index (χ0n) is 10.1. The van der Waals surface area contributed by atoms with Crippen molar-refractivity contribution in [3.05, 3.63) is 18.0 Å². The minimum absolute atomic E-state index is 0.0243. The first-order chi connectivity index (χ1) is 8.66. The van der Waals surface area contributed by atoms with Gasteiger partial charge >= 0.3 is 5.97 Å². The highest BCUT2D eigenvalue weighted by Gasteiger charge is 2.25. The normalized spacial score (nSPS) is 19.8. The third kappa shape index (κ3) is 3.09. The summed E-state index contributed by atoms with van der Waals surface area (Å²) in [5.41, 5.74) is 0.564. The average Bonchev–Trinajstić information content (AvgIpc) is 2.89. The lowest BCUT2D eigenvalue weighted by Gasteiger charge is -2.32. The summed E-state index contributed by atoms with van der Waals surface area (Å²) in [6, 6.07) is 0. The van der Waals surface area contributed by atoms with E-state index in [9.17, 15) is 9.59 Å². The maximum absolute atomic E-state index is 12.1. The van der Waals surface area contributed by atoms with Crippen LogP contribution in [-0.4, -0.2) is 45.2 Å². The molecule has 18 heavy (non-hydrogen) atoms. The largest absolute Gasteiger partial charge is 0.481 e. The van der Waals surface area contributed by atoms with Crippen LogP contribution in [-0.2, 0) is 4.79 Å². The van der Waals surface area contributed by atoms with Gasteiger partial charge in [0.05, 0.1) is 11.8 Å². The van der Waals surface area contributed by atoms with Gasteiger partial charge in [-0.2, -0.15) is 5.10 Å². The zero-order chi connectivity index (χ0) is 13.0. The van der Waals surface area contributed by atoms with Gasteiger partial charge in [-0.05, 0) is 25.2 Å². The third-order valence-electron chi connectivity index (χ3n) is 3.32. The second-order valence-electron chi connectivity index (χ2n) is 4.68. The van der Waals surface area contributed by atoms with Gasteiger partial charge in [0.25, 0.3) is 5.91 Å². The molecule has 98 valence electrons. The van der Waals surface area contributed by atoms with Gasteiger partial charge in [-0.3, -0.25) is 14.7 Å². The number of aliphatic carboxylic acids is 1. The van der Waals surface area contributed by atoms with E-state index >= 15 is 0 Å². The zero-order valence-corrected chi connectivity index (χ0v) is 10.1. The number of carboxylic acids is 1. The van der Waals surface area contributed by atoms with Crippen molar-refractivity contribution in [1.29, 1.82) is 0 Å². The highest BCUT2D eigenvalue weighted by atomic mass is 16.4. The molecule has 1 atom stereocenters. The van der Waals surface area contributed by atoms with Gasteiger partial charge in [0.15, 0.2) is 0 Å². The Labute approximate surface area is 105 Å². The van der Waals surface area contributed by atoms with E-state index in [0.29, 0.717) is 24.4 Å². The summed E-state index contributed by atoms with van der Waals surface area (Å²) in [5.74, 6) is -0.497. The maximum atomic E-state index is 12.1. The molecule has 1 aliphatic heterocycles. The van der Waals surface area contributed by atoms with E-state index in [2.05, 4.69) is 10.2 Å². The molecule has 2 heterocycles. The lowest BCUT2D eigenvalue weighted by molar-refractivity contribution is -0.137. The number of aromatic nitrogens is 2. The molecule has 0 bridgehead atoms. The molecule has 1 aromatic rings. The van der Waals surface area contributed by atoms with Crippen molar-refractivity contribution in [1.82, 2.24) is 15.1 Å². The Balaban J connectivity index is 1.90. The minimum Gasteiger partial charge on any atom is -0.481 e. The van der Waals surface area contributed by atoms with Gasteiger partial charge in [0.1, 0.15) is 0 Å². The fourth-order valence-electron chi connectivity index (χ4n) is 2.36. The second-order valence-corrected chi connectivity index (χ2v) is 4.68. The molecule has 6 heteroatoms. The van der Waals surface area contributed by atoms with Crippen LogP contribution in [0.1, 0.15) is 36.0 Å². The number of nitrogens with zero attached hydrogens (tertiary/aromatic N) is 2. The van der Waals surface area contributed by atoms with Gasteiger partial charge in [0, 0.05) is 25.7 Å². The molecule has 0 spiro atoms. The van der Waals surface area contributed by atoms with Gasteiger partial charge in [-0.1, -0.05) is 0 Å². The van der Waals surface area contributed by atoms with Crippen LogP contribution in [0.4, 0.5) is 0 Å². The van der Waals surface area contributed by atoms with Crippen molar-refractivity contribution in [2.75, 3.05) is 13.1 Å². The fourth-order valence-corrected chi connectivity index (χ4v) is 2.36. The van der Waals surface area contributed by atoms with Crippen LogP contribution in [0.15, 0.2) is 12.4 Å². The number of hydrogen-bond donors (Lipinski definition) is 2. The number of amides is 1. The Morgan fingerprint density at radius 3 is 3.06 bits per heavy atom. The molecule has 0 saturated carbocycles. The SMILES string of the molecule is O=C(O)CCC1CCCN(C(=O)c2cn[nH]c2)C1. The number of carboxylic acid groups (broad SMARTS) is 1. The smallest absolute Gasteiger partial charge is 0.303 e. The molecule has 2 N–H and O–H groups in total. The molecule has 1 aliphatic rings. The Morgan fingerprint density at radius 1 is 1.56 bits per heavy atom. The Morgan fingerprint density at radius 2 is 2.39 bits per heavy atom. The molecule has 6 nitrogen and oxygen atoms in total. The van der Waals surface area contributed by atoms with E-state index in [1.807, 2.05) is 0 Å². The van der Waals surface area contributed by atoms with E-state index in [4.69, 9.17) is 5.11 Å². The van der Waals surface area contributed by atoms with Crippen molar-refractivity contribution in [2.45, 2.75) is 25.7 Å². The van der Waals surface area contributed by atoms with Crippen LogP contribution in [0.3, 0.4) is 0 Å². The summed E-state index contributed by atoms with van der Waals surface area (Å²) < 4.78 is 0. The van der Waals surface area contributed by atoms with Crippen LogP contribution < -0.4 is 0 Å². The topological polar surface area (TPSA) is 86.3 Å². The lowest BCUT2D eigenvalue weighted by atomic mass is 9.93. The summed E-state index contributed by atoms with van der Waals surface area (Å²) in [4.78, 5) is 24.4. The summed E-state index contributed by atoms with van der Waals surface area (Å²) in [5, 5.41) is 15.1. The monoisotopic (exact) mass is 251 g/mol. The first-order valence-electron chi connectivity index (χ1n) is 6.16. The first-order valence-corrected chi connectivity index (χ1v) is 6.16. The molecule has 0 aromatic carbocycles. The molecular formula is C12H17N3O3. The minimum atomic E-state index is -0.770. The van der Waals surface area contributed by atoms with E-state index in [1.54, 1.807) is 11.1 Å². The van der Waals surface area contributed by atoms with Gasteiger partial charge in [-0.25, -0.2) is 0 Å². The molecule has 1 amide bonds. The number of likely N-dealkylation sites (tertiary alicyclic amines) is 1. The molecule has 2 rings (SSSR count). The molecule has 1 saturated heterocycles. The number of carbonyl (C=O) groups excluding carboxylic acids is 1. The number of hydrogen-bond acceptors (Lipinski definition) is 3. The first kappa shape index (κ1) is 12.6. The molecule has 1 unspecified atom stereocenters. The standard InChI is InChI=1S/C12H17N3O3/c16-11(17)4-3-9-2-1-5-15(8-9)12(18)10-6-13-14-7-10/h6-7,9H,1-5,8H2,(H,13,14)(H,16,17). The lowest BCUT2D eigenvalue weighted by Crippen LogP contribution is -2.39. The van der Waals surface area contributed by atoms with Crippen molar-refractivity contribution in [3.8, 4) is 0 Å². The van der Waals surface area contributed by atoms with Gasteiger partial charge in [0.2, 0.25) is 0 Å². The molecule has 0 radical (unpaired) electrons. The number of H-pyrrole nitrogens is 1. The van der Waals surface area contributed by atoms with Crippen molar-refractivity contribution in [2.24, 2.45) is 5.92 Å². The summed E-state index contributed by atoms with van der Waals surface area (Å²) in [7, 11) is 0. The Kier molecular flexibility index (Phi) is 3.96. The Bertz CT molecular complexity index is 416. The summed E-state index contributed by atoms with van der Waals surface area (Å²) >= 11 is 0. The average molecular weight is 251 g/mol. The number of nitrogens with one attached hydrogen (secondary N) is 1. The summed E-state index contributed by atoms with van der Waals surface area (Å²) in [6.07, 6.45) is 5.87. The van der Waals surface area contributed by atoms with E-state index < -0.39 is 5.97 Å². The highest BCUT2D eigenvalue weighted by molar-refractivity contribution is 5.93. The van der Waals surface area contributed by atoms with Crippen molar-refractivity contribution >= 4 is 11.9 Å². The molecular weight excluding hydrogens is 234 g/mol. The fraction of sp³-hybridized carbons (Fsp3) is 0.583. The van der Waals surface area contributed by atoms with E-state index in [1.165, 1.54) is 6.20 Å². The van der Waals surface area contributed by atoms with Gasteiger partial charge in [-0.15, -0.1) is 0 Å². The second kappa shape index (κ2) is 5.66. The van der Waals surface area contributed by atoms with Crippen LogP contribution in [0.5, 0.6) is 0 Å². The van der Waals surface area contributed by atoms with Crippen LogP contribution in [0.25, 0.3) is 0 Å². The number of rotatable bonds is 4. The van der Waals surface area contributed by atoms with Crippen LogP contribution >= 0.6 is 0 Å². The summed E-state index contributed by atoms with van der Waals surface area (Å²) in [6.45, 7) is 1.39. The predicted octanol–water partition coefficient (Wildman–Crippen LogP) is 1.13. The molecule has 1 fully saturated rings. The number of aromatic amines is 1. The van der Waals surface area contributed by atoms with Crippen LogP contribution in [0.2, 0.25) is 0 Å². The maximum Gasteiger partial charge on any atom is 0.303 e. The number of piperidine rings is 1. The van der Waals surface area contributed by atoms with Crippen LogP contribution in [0, 0.1) is 5.92 Å². The van der Waals surface area contributed by atoms with Gasteiger partial charge < -0.3 is 10.0 Å². The van der Waals surface area contributed by atoms with Crippen molar-refractivity contribution in [3.63, 3.8) is 0 Å². The third-order valence-corrected chi connectivity index (χ3v) is 3.32. The number of carbonyl (C=O) groups is 2. The predicted molar refractivity (Wildman–Crippen MR) is 64.1 cm³/mol. The van der Waals surface area contributed by atoms with E-state index in [0.717, 1.165) is 19.4 Å². The van der Waals surface area contributed by atoms with E-state index in [-0.39, 0.29) is 12.3 Å². The Hall–Kier alpha value is -1.85. The van der Waals surface area contributed by atoms with Crippen molar-refractivity contribution < 1.29 is 14.7 Å². The molecule has 1 aromatic heterocycles. The molecule has 0 aliphatic carbocycles. The quantitative estimate of drug-likeness (QED) is 0.839.